The van der Waals surface area contributed by atoms with Gasteiger partial charge >= 0.3 is 0 Å². The summed E-state index contributed by atoms with van der Waals surface area (Å²) in [5, 5.41) is 12.4. The maximum absolute atomic E-state index is 13.3. The van der Waals surface area contributed by atoms with E-state index in [0.717, 1.165) is 24.2 Å². The summed E-state index contributed by atoms with van der Waals surface area (Å²) in [6.07, 6.45) is 4.61. The lowest BCUT2D eigenvalue weighted by Crippen LogP contribution is -2.42. The van der Waals surface area contributed by atoms with Crippen molar-refractivity contribution in [1.82, 2.24) is 34.5 Å². The Morgan fingerprint density at radius 1 is 1.22 bits per heavy atom. The zero-order valence-corrected chi connectivity index (χ0v) is 19.3. The van der Waals surface area contributed by atoms with Crippen molar-refractivity contribution in [1.29, 1.82) is 0 Å². The van der Waals surface area contributed by atoms with Crippen molar-refractivity contribution in [2.45, 2.75) is 56.8 Å². The third kappa shape index (κ3) is 3.76. The van der Waals surface area contributed by atoms with Crippen LogP contribution in [0.3, 0.4) is 0 Å². The lowest BCUT2D eigenvalue weighted by molar-refractivity contribution is -0.131. The summed E-state index contributed by atoms with van der Waals surface area (Å²) in [5.74, 6) is 1.02. The van der Waals surface area contributed by atoms with Crippen molar-refractivity contribution >= 4 is 17.7 Å². The molecule has 3 aromatic rings. The van der Waals surface area contributed by atoms with Crippen LogP contribution in [0, 0.1) is 12.8 Å². The van der Waals surface area contributed by atoms with E-state index in [2.05, 4.69) is 27.3 Å². The zero-order valence-electron chi connectivity index (χ0n) is 18.5. The van der Waals surface area contributed by atoms with Crippen molar-refractivity contribution in [2.24, 2.45) is 13.0 Å². The lowest BCUT2D eigenvalue weighted by atomic mass is 10.2. The summed E-state index contributed by atoms with van der Waals surface area (Å²) >= 11 is 1.29. The van der Waals surface area contributed by atoms with Gasteiger partial charge in [-0.2, -0.15) is 4.68 Å². The van der Waals surface area contributed by atoms with E-state index in [1.807, 2.05) is 44.3 Å². The smallest absolute Gasteiger partial charge is 0.297 e. The summed E-state index contributed by atoms with van der Waals surface area (Å²) in [5.41, 5.74) is 1.68. The standard InChI is InChI=1S/C22H27N7O2S/c1-14(16-9-10-16)27(17-11-12-17)19(30)13-32-22-23-24-25-28(22)20-15(2)26(3)29(21(20)31)18-7-5-4-6-8-18/h4-8,14,16-17H,9-13H2,1-3H3. The molecule has 2 aliphatic carbocycles. The second-order valence-electron chi connectivity index (χ2n) is 8.68. The predicted octanol–water partition coefficient (Wildman–Crippen LogP) is 2.34. The first-order valence-electron chi connectivity index (χ1n) is 11.0. The van der Waals surface area contributed by atoms with Crippen LogP contribution >= 0.6 is 11.8 Å². The summed E-state index contributed by atoms with van der Waals surface area (Å²) in [4.78, 5) is 28.5. The molecular formula is C22H27N7O2S. The van der Waals surface area contributed by atoms with Crippen LogP contribution in [-0.2, 0) is 11.8 Å². The molecule has 168 valence electrons. The van der Waals surface area contributed by atoms with E-state index in [1.54, 1.807) is 9.36 Å². The fraction of sp³-hybridized carbons (Fsp3) is 0.500. The van der Waals surface area contributed by atoms with E-state index in [9.17, 15) is 9.59 Å². The van der Waals surface area contributed by atoms with Crippen LogP contribution in [0.25, 0.3) is 11.4 Å². The van der Waals surface area contributed by atoms with Crippen molar-refractivity contribution in [3.05, 3.63) is 46.4 Å². The number of para-hydroxylation sites is 1. The van der Waals surface area contributed by atoms with Gasteiger partial charge in [0, 0.05) is 19.1 Å². The fourth-order valence-electron chi connectivity index (χ4n) is 4.33. The average molecular weight is 454 g/mol. The number of hydrogen-bond acceptors (Lipinski definition) is 6. The third-order valence-corrected chi connectivity index (χ3v) is 7.38. The molecule has 5 rings (SSSR count). The minimum atomic E-state index is -0.210. The highest BCUT2D eigenvalue weighted by atomic mass is 32.2. The predicted molar refractivity (Wildman–Crippen MR) is 121 cm³/mol. The number of carbonyl (C=O) groups excluding carboxylic acids is 1. The van der Waals surface area contributed by atoms with Crippen LogP contribution in [0.2, 0.25) is 0 Å². The Morgan fingerprint density at radius 3 is 2.59 bits per heavy atom. The van der Waals surface area contributed by atoms with Crippen LogP contribution < -0.4 is 5.56 Å². The van der Waals surface area contributed by atoms with Crippen LogP contribution in [0.15, 0.2) is 40.3 Å². The Bertz CT molecular complexity index is 1190. The molecule has 10 heteroatoms. The summed E-state index contributed by atoms with van der Waals surface area (Å²) in [6, 6.07) is 10.1. The molecule has 2 aliphatic rings. The quantitative estimate of drug-likeness (QED) is 0.486. The third-order valence-electron chi connectivity index (χ3n) is 6.47. The minimum absolute atomic E-state index is 0.123. The largest absolute Gasteiger partial charge is 0.336 e. The number of tetrazole rings is 1. The van der Waals surface area contributed by atoms with Gasteiger partial charge in [0.2, 0.25) is 11.1 Å². The Morgan fingerprint density at radius 2 is 1.94 bits per heavy atom. The Hall–Kier alpha value is -2.88. The second-order valence-corrected chi connectivity index (χ2v) is 9.62. The van der Waals surface area contributed by atoms with Gasteiger partial charge in [-0.15, -0.1) is 5.10 Å². The van der Waals surface area contributed by atoms with Gasteiger partial charge in [0.15, 0.2) is 5.69 Å². The molecule has 1 amide bonds. The normalized spacial score (nSPS) is 16.8. The molecule has 0 aliphatic heterocycles. The number of nitrogens with zero attached hydrogens (tertiary/aromatic N) is 7. The number of benzene rings is 1. The monoisotopic (exact) mass is 453 g/mol. The molecule has 0 bridgehead atoms. The summed E-state index contributed by atoms with van der Waals surface area (Å²) in [7, 11) is 1.83. The summed E-state index contributed by atoms with van der Waals surface area (Å²) < 4.78 is 4.85. The van der Waals surface area contributed by atoms with Crippen LogP contribution in [0.1, 0.15) is 38.3 Å². The molecule has 2 aromatic heterocycles. The molecule has 0 radical (unpaired) electrons. The molecule has 1 unspecified atom stereocenters. The first-order valence-corrected chi connectivity index (χ1v) is 12.0. The highest BCUT2D eigenvalue weighted by Gasteiger charge is 2.41. The van der Waals surface area contributed by atoms with Crippen LogP contribution in [0.4, 0.5) is 0 Å². The minimum Gasteiger partial charge on any atom is -0.336 e. The Balaban J connectivity index is 1.40. The number of amides is 1. The Labute approximate surface area is 190 Å². The highest BCUT2D eigenvalue weighted by Crippen LogP contribution is 2.40. The van der Waals surface area contributed by atoms with Gasteiger partial charge < -0.3 is 4.90 Å². The van der Waals surface area contributed by atoms with E-state index in [-0.39, 0.29) is 17.2 Å². The second kappa shape index (κ2) is 8.23. The lowest BCUT2D eigenvalue weighted by Gasteiger charge is -2.29. The highest BCUT2D eigenvalue weighted by molar-refractivity contribution is 7.99. The molecule has 2 fully saturated rings. The van der Waals surface area contributed by atoms with Gasteiger partial charge in [0.1, 0.15) is 0 Å². The first-order chi connectivity index (χ1) is 15.5. The first kappa shape index (κ1) is 21.0. The van der Waals surface area contributed by atoms with Gasteiger partial charge in [-0.3, -0.25) is 14.3 Å². The average Bonchev–Trinajstić information content (AvgIpc) is 3.71. The fourth-order valence-corrected chi connectivity index (χ4v) is 5.08. The van der Waals surface area contributed by atoms with Gasteiger partial charge in [0.05, 0.1) is 17.1 Å². The molecule has 1 atom stereocenters. The number of aromatic nitrogens is 6. The van der Waals surface area contributed by atoms with E-state index in [0.29, 0.717) is 28.8 Å². The van der Waals surface area contributed by atoms with E-state index >= 15 is 0 Å². The maximum Gasteiger partial charge on any atom is 0.297 e. The number of hydrogen-bond donors (Lipinski definition) is 0. The molecule has 2 saturated carbocycles. The van der Waals surface area contributed by atoms with E-state index in [1.165, 1.54) is 29.3 Å². The SMILES string of the molecule is Cc1c(-n2nnnc2SCC(=O)N(C2CC2)C(C)C2CC2)c(=O)n(-c2ccccc2)n1C. The topological polar surface area (TPSA) is 90.8 Å². The molecular weight excluding hydrogens is 426 g/mol. The molecule has 0 saturated heterocycles. The Kier molecular flexibility index (Phi) is 5.40. The van der Waals surface area contributed by atoms with E-state index < -0.39 is 0 Å². The van der Waals surface area contributed by atoms with Crippen molar-refractivity contribution in [3.63, 3.8) is 0 Å². The summed E-state index contributed by atoms with van der Waals surface area (Å²) in [6.45, 7) is 4.03. The molecule has 1 aromatic carbocycles. The van der Waals surface area contributed by atoms with Crippen molar-refractivity contribution < 1.29 is 4.79 Å². The molecule has 2 heterocycles. The van der Waals surface area contributed by atoms with E-state index in [4.69, 9.17) is 0 Å². The van der Waals surface area contributed by atoms with Crippen LogP contribution in [0.5, 0.6) is 0 Å². The van der Waals surface area contributed by atoms with Gasteiger partial charge in [0.25, 0.3) is 5.56 Å². The zero-order chi connectivity index (χ0) is 22.4. The molecule has 32 heavy (non-hydrogen) atoms. The van der Waals surface area contributed by atoms with Crippen LogP contribution in [-0.4, -0.2) is 58.2 Å². The van der Waals surface area contributed by atoms with Gasteiger partial charge in [-0.1, -0.05) is 30.0 Å². The molecule has 9 nitrogen and oxygen atoms in total. The van der Waals surface area contributed by atoms with Crippen molar-refractivity contribution in [2.75, 3.05) is 5.75 Å². The number of rotatable bonds is 8. The maximum atomic E-state index is 13.3. The van der Waals surface area contributed by atoms with Gasteiger partial charge in [-0.25, -0.2) is 4.68 Å². The van der Waals surface area contributed by atoms with Crippen molar-refractivity contribution in [3.8, 4) is 11.4 Å². The molecule has 0 N–H and O–H groups in total. The molecule has 0 spiro atoms. The number of thioether (sulfide) groups is 1. The number of carbonyl (C=O) groups is 1. The van der Waals surface area contributed by atoms with Gasteiger partial charge in [-0.05, 0) is 68.0 Å².